The van der Waals surface area contributed by atoms with Crippen LogP contribution in [-0.2, 0) is 4.74 Å². The fourth-order valence-electron chi connectivity index (χ4n) is 2.95. The number of hydrogen-bond donors (Lipinski definition) is 1. The van der Waals surface area contributed by atoms with Crippen LogP contribution in [-0.4, -0.2) is 19.3 Å². The molecular formula is C17H26FNO. The molecule has 1 aliphatic carbocycles. The van der Waals surface area contributed by atoms with Crippen LogP contribution < -0.4 is 5.32 Å². The molecule has 1 unspecified atom stereocenters. The van der Waals surface area contributed by atoms with Crippen molar-refractivity contribution in [2.75, 3.05) is 13.2 Å². The van der Waals surface area contributed by atoms with Crippen LogP contribution in [0.15, 0.2) is 24.3 Å². The van der Waals surface area contributed by atoms with E-state index in [4.69, 9.17) is 4.74 Å². The standard InChI is InChI=1S/C17H26FNO/c1-3-8-19-17(14-6-5-7-15(18)12-14)11-13-9-16(10-13)20-4-2/h5-7,12-13,16-17,19H,3-4,8-11H2,1-2H3. The van der Waals surface area contributed by atoms with Crippen molar-refractivity contribution in [1.82, 2.24) is 5.32 Å². The topological polar surface area (TPSA) is 21.3 Å². The average Bonchev–Trinajstić information content (AvgIpc) is 2.40. The lowest BCUT2D eigenvalue weighted by Gasteiger charge is -2.37. The minimum atomic E-state index is -0.147. The lowest BCUT2D eigenvalue weighted by molar-refractivity contribution is -0.0291. The van der Waals surface area contributed by atoms with Gasteiger partial charge in [-0.1, -0.05) is 19.1 Å². The van der Waals surface area contributed by atoms with E-state index in [1.54, 1.807) is 12.1 Å². The molecule has 0 saturated heterocycles. The maximum absolute atomic E-state index is 13.4. The van der Waals surface area contributed by atoms with Gasteiger partial charge in [0.2, 0.25) is 0 Å². The minimum Gasteiger partial charge on any atom is -0.378 e. The highest BCUT2D eigenvalue weighted by Crippen LogP contribution is 2.37. The van der Waals surface area contributed by atoms with Gasteiger partial charge in [0.25, 0.3) is 0 Å². The highest BCUT2D eigenvalue weighted by Gasteiger charge is 2.31. The van der Waals surface area contributed by atoms with Crippen LogP contribution in [0.4, 0.5) is 4.39 Å². The van der Waals surface area contributed by atoms with Gasteiger partial charge in [-0.2, -0.15) is 0 Å². The van der Waals surface area contributed by atoms with Gasteiger partial charge >= 0.3 is 0 Å². The summed E-state index contributed by atoms with van der Waals surface area (Å²) < 4.78 is 19.0. The third-order valence-corrected chi connectivity index (χ3v) is 4.06. The summed E-state index contributed by atoms with van der Waals surface area (Å²) >= 11 is 0. The summed E-state index contributed by atoms with van der Waals surface area (Å²) in [7, 11) is 0. The van der Waals surface area contributed by atoms with Gasteiger partial charge in [0.15, 0.2) is 0 Å². The van der Waals surface area contributed by atoms with E-state index in [9.17, 15) is 4.39 Å². The van der Waals surface area contributed by atoms with Gasteiger partial charge in [-0.15, -0.1) is 0 Å². The molecule has 0 aromatic heterocycles. The third-order valence-electron chi connectivity index (χ3n) is 4.06. The SMILES string of the molecule is CCCNC(CC1CC(OCC)C1)c1cccc(F)c1. The molecule has 0 aliphatic heterocycles. The summed E-state index contributed by atoms with van der Waals surface area (Å²) in [5.41, 5.74) is 1.07. The second-order valence-electron chi connectivity index (χ2n) is 5.71. The molecule has 1 aromatic carbocycles. The van der Waals surface area contributed by atoms with E-state index in [2.05, 4.69) is 12.2 Å². The molecule has 2 nitrogen and oxygen atoms in total. The zero-order valence-corrected chi connectivity index (χ0v) is 12.6. The fourth-order valence-corrected chi connectivity index (χ4v) is 2.95. The predicted octanol–water partition coefficient (Wildman–Crippen LogP) is 4.07. The van der Waals surface area contributed by atoms with Crippen molar-refractivity contribution < 1.29 is 9.13 Å². The van der Waals surface area contributed by atoms with E-state index in [-0.39, 0.29) is 11.9 Å². The molecule has 0 heterocycles. The van der Waals surface area contributed by atoms with E-state index in [0.717, 1.165) is 44.4 Å². The highest BCUT2D eigenvalue weighted by atomic mass is 19.1. The van der Waals surface area contributed by atoms with E-state index in [1.165, 1.54) is 6.07 Å². The second-order valence-corrected chi connectivity index (χ2v) is 5.71. The van der Waals surface area contributed by atoms with Gasteiger partial charge in [-0.25, -0.2) is 4.39 Å². The Morgan fingerprint density at radius 1 is 1.35 bits per heavy atom. The molecule has 1 aliphatic rings. The normalized spacial score (nSPS) is 23.4. The molecule has 1 atom stereocenters. The monoisotopic (exact) mass is 279 g/mol. The van der Waals surface area contributed by atoms with Crippen molar-refractivity contribution in [2.45, 2.75) is 51.7 Å². The molecule has 0 bridgehead atoms. The predicted molar refractivity (Wildman–Crippen MR) is 80.2 cm³/mol. The maximum atomic E-state index is 13.4. The van der Waals surface area contributed by atoms with E-state index >= 15 is 0 Å². The molecule has 3 heteroatoms. The summed E-state index contributed by atoms with van der Waals surface area (Å²) in [4.78, 5) is 0. The molecule has 1 N–H and O–H groups in total. The Balaban J connectivity index is 1.91. The average molecular weight is 279 g/mol. The van der Waals surface area contributed by atoms with Crippen LogP contribution in [0.25, 0.3) is 0 Å². The van der Waals surface area contributed by atoms with Gasteiger partial charge in [-0.3, -0.25) is 0 Å². The van der Waals surface area contributed by atoms with Crippen molar-refractivity contribution >= 4 is 0 Å². The van der Waals surface area contributed by atoms with E-state index in [0.29, 0.717) is 12.0 Å². The zero-order valence-electron chi connectivity index (χ0n) is 12.6. The Morgan fingerprint density at radius 2 is 2.15 bits per heavy atom. The molecule has 112 valence electrons. The molecule has 1 fully saturated rings. The summed E-state index contributed by atoms with van der Waals surface area (Å²) in [5.74, 6) is 0.552. The van der Waals surface area contributed by atoms with Crippen molar-refractivity contribution in [3.8, 4) is 0 Å². The first-order chi connectivity index (χ1) is 9.72. The van der Waals surface area contributed by atoms with Crippen LogP contribution in [0.1, 0.15) is 51.1 Å². The highest BCUT2D eigenvalue weighted by molar-refractivity contribution is 5.20. The van der Waals surface area contributed by atoms with Crippen LogP contribution in [0.3, 0.4) is 0 Å². The van der Waals surface area contributed by atoms with Crippen LogP contribution in [0.2, 0.25) is 0 Å². The second kappa shape index (κ2) is 7.75. The number of hydrogen-bond acceptors (Lipinski definition) is 2. The molecule has 1 saturated carbocycles. The summed E-state index contributed by atoms with van der Waals surface area (Å²) in [5, 5.41) is 3.55. The Hall–Kier alpha value is -0.930. The van der Waals surface area contributed by atoms with Gasteiger partial charge in [0.1, 0.15) is 5.82 Å². The summed E-state index contributed by atoms with van der Waals surface area (Å²) in [6, 6.07) is 7.25. The smallest absolute Gasteiger partial charge is 0.123 e. The molecule has 0 spiro atoms. The first-order valence-electron chi connectivity index (χ1n) is 7.83. The molecule has 1 aromatic rings. The zero-order chi connectivity index (χ0) is 14.4. The lowest BCUT2D eigenvalue weighted by atomic mass is 9.77. The number of halogens is 1. The largest absolute Gasteiger partial charge is 0.378 e. The Morgan fingerprint density at radius 3 is 2.80 bits per heavy atom. The summed E-state index contributed by atoms with van der Waals surface area (Å²) in [6.45, 7) is 5.98. The van der Waals surface area contributed by atoms with Crippen molar-refractivity contribution in [3.05, 3.63) is 35.6 Å². The maximum Gasteiger partial charge on any atom is 0.123 e. The molecule has 0 radical (unpaired) electrons. The van der Waals surface area contributed by atoms with E-state index in [1.807, 2.05) is 13.0 Å². The van der Waals surface area contributed by atoms with Crippen molar-refractivity contribution in [3.63, 3.8) is 0 Å². The van der Waals surface area contributed by atoms with Crippen molar-refractivity contribution in [2.24, 2.45) is 5.92 Å². The van der Waals surface area contributed by atoms with Crippen molar-refractivity contribution in [1.29, 1.82) is 0 Å². The van der Waals surface area contributed by atoms with Gasteiger partial charge in [-0.05, 0) is 62.8 Å². The Kier molecular flexibility index (Phi) is 5.99. The summed E-state index contributed by atoms with van der Waals surface area (Å²) in [6.07, 6.45) is 4.91. The van der Waals surface area contributed by atoms with Crippen LogP contribution >= 0.6 is 0 Å². The number of benzene rings is 1. The number of nitrogens with one attached hydrogen (secondary N) is 1. The first-order valence-corrected chi connectivity index (χ1v) is 7.83. The Bertz CT molecular complexity index is 404. The fraction of sp³-hybridized carbons (Fsp3) is 0.647. The first kappa shape index (κ1) is 15.5. The number of ether oxygens (including phenoxy) is 1. The van der Waals surface area contributed by atoms with Gasteiger partial charge in [0.05, 0.1) is 6.10 Å². The molecule has 2 rings (SSSR count). The van der Waals surface area contributed by atoms with E-state index < -0.39 is 0 Å². The number of rotatable bonds is 8. The van der Waals surface area contributed by atoms with Gasteiger partial charge < -0.3 is 10.1 Å². The molecular weight excluding hydrogens is 253 g/mol. The molecule has 20 heavy (non-hydrogen) atoms. The van der Waals surface area contributed by atoms with Crippen LogP contribution in [0.5, 0.6) is 0 Å². The molecule has 0 amide bonds. The van der Waals surface area contributed by atoms with Gasteiger partial charge in [0, 0.05) is 12.6 Å². The Labute approximate surface area is 121 Å². The minimum absolute atomic E-state index is 0.147. The quantitative estimate of drug-likeness (QED) is 0.774. The third kappa shape index (κ3) is 4.29. The lowest BCUT2D eigenvalue weighted by Crippen LogP contribution is -2.35. The van der Waals surface area contributed by atoms with Crippen LogP contribution in [0, 0.1) is 11.7 Å².